The van der Waals surface area contributed by atoms with Gasteiger partial charge in [-0.15, -0.1) is 0 Å². The van der Waals surface area contributed by atoms with Crippen LogP contribution in [-0.4, -0.2) is 0 Å². The topological polar surface area (TPSA) is 0 Å². The zero-order chi connectivity index (χ0) is 11.5. The molecule has 4 aliphatic carbocycles. The first-order valence-electron chi connectivity index (χ1n) is 7.31. The van der Waals surface area contributed by atoms with E-state index in [9.17, 15) is 0 Å². The molecule has 17 heavy (non-hydrogen) atoms. The molecule has 4 saturated carbocycles. The second-order valence-corrected chi connectivity index (χ2v) is 7.07. The lowest BCUT2D eigenvalue weighted by molar-refractivity contribution is -0.00521. The Morgan fingerprint density at radius 3 is 2.06 bits per heavy atom. The maximum atomic E-state index is 2.47. The number of hydrogen-bond acceptors (Lipinski definition) is 0. The van der Waals surface area contributed by atoms with Crippen LogP contribution in [-0.2, 0) is 5.41 Å². The maximum absolute atomic E-state index is 2.47. The minimum absolute atomic E-state index is 0.584. The Balaban J connectivity index is 1.77. The van der Waals surface area contributed by atoms with E-state index >= 15 is 0 Å². The third kappa shape index (κ3) is 1.49. The van der Waals surface area contributed by atoms with E-state index in [4.69, 9.17) is 0 Å². The summed E-state index contributed by atoms with van der Waals surface area (Å²) in [7, 11) is 0. The van der Waals surface area contributed by atoms with Gasteiger partial charge in [0.1, 0.15) is 0 Å². The van der Waals surface area contributed by atoms with Gasteiger partial charge in [0.25, 0.3) is 0 Å². The van der Waals surface area contributed by atoms with E-state index in [0.717, 1.165) is 17.8 Å². The van der Waals surface area contributed by atoms with Crippen LogP contribution in [0.5, 0.6) is 0 Å². The summed E-state index contributed by atoms with van der Waals surface area (Å²) in [6.45, 7) is 2.24. The lowest BCUT2D eigenvalue weighted by Gasteiger charge is -2.57. The van der Waals surface area contributed by atoms with Gasteiger partial charge in [0, 0.05) is 0 Å². The fraction of sp³-hybridized carbons (Fsp3) is 0.647. The van der Waals surface area contributed by atoms with Crippen LogP contribution in [0.25, 0.3) is 0 Å². The van der Waals surface area contributed by atoms with Crippen molar-refractivity contribution in [3.8, 4) is 0 Å². The van der Waals surface area contributed by atoms with Crippen molar-refractivity contribution in [1.29, 1.82) is 0 Å². The third-order valence-corrected chi connectivity index (χ3v) is 5.67. The lowest BCUT2D eigenvalue weighted by Crippen LogP contribution is -2.48. The molecule has 0 radical (unpaired) electrons. The third-order valence-electron chi connectivity index (χ3n) is 5.67. The molecular weight excluding hydrogens is 204 g/mol. The van der Waals surface area contributed by atoms with Gasteiger partial charge in [0.2, 0.25) is 0 Å². The van der Waals surface area contributed by atoms with Crippen molar-refractivity contribution in [1.82, 2.24) is 0 Å². The zero-order valence-corrected chi connectivity index (χ0v) is 10.8. The SMILES string of the molecule is Cc1cccc(C23CC4CC(CC(C4)C2)C3)c1. The minimum Gasteiger partial charge on any atom is -0.0617 e. The molecule has 90 valence electrons. The Hall–Kier alpha value is -0.780. The van der Waals surface area contributed by atoms with Gasteiger partial charge < -0.3 is 0 Å². The summed E-state index contributed by atoms with van der Waals surface area (Å²) in [6.07, 6.45) is 9.11. The molecule has 4 aliphatic rings. The van der Waals surface area contributed by atoms with E-state index in [1.807, 2.05) is 0 Å². The van der Waals surface area contributed by atoms with Crippen molar-refractivity contribution in [2.75, 3.05) is 0 Å². The number of hydrogen-bond donors (Lipinski definition) is 0. The first-order chi connectivity index (χ1) is 8.23. The van der Waals surface area contributed by atoms with Gasteiger partial charge in [0.15, 0.2) is 0 Å². The van der Waals surface area contributed by atoms with Gasteiger partial charge >= 0.3 is 0 Å². The Labute approximate surface area is 104 Å². The molecule has 0 aliphatic heterocycles. The van der Waals surface area contributed by atoms with Gasteiger partial charge in [-0.2, -0.15) is 0 Å². The molecule has 5 rings (SSSR count). The van der Waals surface area contributed by atoms with E-state index in [1.165, 1.54) is 24.8 Å². The van der Waals surface area contributed by atoms with Crippen molar-refractivity contribution >= 4 is 0 Å². The summed E-state index contributed by atoms with van der Waals surface area (Å²) in [4.78, 5) is 0. The van der Waals surface area contributed by atoms with E-state index in [0.29, 0.717) is 5.41 Å². The molecule has 0 spiro atoms. The predicted octanol–water partition coefficient (Wildman–Crippen LogP) is 4.46. The first kappa shape index (κ1) is 10.2. The van der Waals surface area contributed by atoms with Crippen LogP contribution >= 0.6 is 0 Å². The summed E-state index contributed by atoms with van der Waals surface area (Å²) >= 11 is 0. The lowest BCUT2D eigenvalue weighted by atomic mass is 9.48. The molecule has 0 N–H and O–H groups in total. The van der Waals surface area contributed by atoms with Gasteiger partial charge in [-0.1, -0.05) is 29.8 Å². The van der Waals surface area contributed by atoms with Crippen LogP contribution in [0, 0.1) is 24.7 Å². The average Bonchev–Trinajstić information content (AvgIpc) is 2.27. The Morgan fingerprint density at radius 1 is 0.941 bits per heavy atom. The Morgan fingerprint density at radius 2 is 1.53 bits per heavy atom. The smallest absolute Gasteiger partial charge is 0.00390 e. The maximum Gasteiger partial charge on any atom is -0.00390 e. The van der Waals surface area contributed by atoms with E-state index in [2.05, 4.69) is 31.2 Å². The largest absolute Gasteiger partial charge is 0.0617 e. The van der Waals surface area contributed by atoms with E-state index < -0.39 is 0 Å². The van der Waals surface area contributed by atoms with Crippen molar-refractivity contribution in [2.24, 2.45) is 17.8 Å². The Kier molecular flexibility index (Phi) is 2.02. The molecule has 0 heteroatoms. The number of benzene rings is 1. The number of rotatable bonds is 1. The normalized spacial score (nSPS) is 43.0. The van der Waals surface area contributed by atoms with Crippen LogP contribution in [0.1, 0.15) is 49.7 Å². The fourth-order valence-electron chi connectivity index (χ4n) is 5.44. The highest BCUT2D eigenvalue weighted by molar-refractivity contribution is 5.32. The molecule has 0 heterocycles. The highest BCUT2D eigenvalue weighted by Crippen LogP contribution is 2.60. The van der Waals surface area contributed by atoms with Crippen molar-refractivity contribution < 1.29 is 0 Å². The van der Waals surface area contributed by atoms with Crippen LogP contribution < -0.4 is 0 Å². The highest BCUT2D eigenvalue weighted by atomic mass is 14.6. The van der Waals surface area contributed by atoms with Gasteiger partial charge in [-0.3, -0.25) is 0 Å². The molecule has 0 aromatic heterocycles. The van der Waals surface area contributed by atoms with Crippen LogP contribution in [0.4, 0.5) is 0 Å². The van der Waals surface area contributed by atoms with Crippen LogP contribution in [0.3, 0.4) is 0 Å². The molecule has 0 atom stereocenters. The van der Waals surface area contributed by atoms with Crippen molar-refractivity contribution in [3.05, 3.63) is 35.4 Å². The fourth-order valence-corrected chi connectivity index (χ4v) is 5.44. The molecule has 1 aromatic carbocycles. The first-order valence-corrected chi connectivity index (χ1v) is 7.31. The quantitative estimate of drug-likeness (QED) is 0.663. The standard InChI is InChI=1S/C17H22/c1-12-3-2-4-16(5-12)17-9-13-6-14(10-17)8-15(7-13)11-17/h2-5,13-15H,6-11H2,1H3. The molecule has 4 bridgehead atoms. The molecule has 0 unspecified atom stereocenters. The van der Waals surface area contributed by atoms with Gasteiger partial charge in [-0.05, 0) is 74.2 Å². The predicted molar refractivity (Wildman–Crippen MR) is 71.0 cm³/mol. The van der Waals surface area contributed by atoms with E-state index in [1.54, 1.807) is 24.8 Å². The molecule has 4 fully saturated rings. The monoisotopic (exact) mass is 226 g/mol. The molecular formula is C17H22. The second kappa shape index (κ2) is 3.37. The van der Waals surface area contributed by atoms with Crippen molar-refractivity contribution in [2.45, 2.75) is 50.9 Å². The summed E-state index contributed by atoms with van der Waals surface area (Å²) in [5, 5.41) is 0. The van der Waals surface area contributed by atoms with E-state index in [-0.39, 0.29) is 0 Å². The molecule has 0 saturated heterocycles. The summed E-state index contributed by atoms with van der Waals surface area (Å²) < 4.78 is 0. The minimum atomic E-state index is 0.584. The Bertz CT molecular complexity index is 408. The summed E-state index contributed by atoms with van der Waals surface area (Å²) in [5.74, 6) is 3.17. The van der Waals surface area contributed by atoms with Gasteiger partial charge in [0.05, 0.1) is 0 Å². The number of aryl methyl sites for hydroxylation is 1. The van der Waals surface area contributed by atoms with Gasteiger partial charge in [-0.25, -0.2) is 0 Å². The molecule has 0 amide bonds. The average molecular weight is 226 g/mol. The van der Waals surface area contributed by atoms with Crippen LogP contribution in [0.15, 0.2) is 24.3 Å². The zero-order valence-electron chi connectivity index (χ0n) is 10.8. The highest BCUT2D eigenvalue weighted by Gasteiger charge is 2.51. The van der Waals surface area contributed by atoms with Crippen molar-refractivity contribution in [3.63, 3.8) is 0 Å². The second-order valence-electron chi connectivity index (χ2n) is 7.07. The summed E-state index contributed by atoms with van der Waals surface area (Å²) in [6, 6.07) is 9.38. The van der Waals surface area contributed by atoms with Crippen LogP contribution in [0.2, 0.25) is 0 Å². The molecule has 1 aromatic rings. The summed E-state index contributed by atoms with van der Waals surface area (Å²) in [5.41, 5.74) is 3.69. The molecule has 0 nitrogen and oxygen atoms in total.